The zero-order valence-corrected chi connectivity index (χ0v) is 12.8. The number of rotatable bonds is 4. The molecule has 5 rings (SSSR count). The minimum absolute atomic E-state index is 0.296. The van der Waals surface area contributed by atoms with Crippen molar-refractivity contribution < 1.29 is 9.26 Å². The molecule has 0 amide bonds. The van der Waals surface area contributed by atoms with E-state index in [1.165, 1.54) is 25.9 Å². The van der Waals surface area contributed by atoms with Crippen molar-refractivity contribution in [1.82, 2.24) is 19.9 Å². The van der Waals surface area contributed by atoms with Gasteiger partial charge in [0.2, 0.25) is 0 Å². The summed E-state index contributed by atoms with van der Waals surface area (Å²) in [6, 6.07) is 0.296. The molecule has 3 aliphatic heterocycles. The third kappa shape index (κ3) is 2.29. The first kappa shape index (κ1) is 13.7. The fourth-order valence-corrected chi connectivity index (χ4v) is 4.06. The summed E-state index contributed by atoms with van der Waals surface area (Å²) in [6.45, 7) is 8.34. The Hall–Kier alpha value is -0.980. The summed E-state index contributed by atoms with van der Waals surface area (Å²) in [6.07, 6.45) is 4.37. The Morgan fingerprint density at radius 2 is 2.00 bits per heavy atom. The molecule has 1 saturated carbocycles. The molecule has 4 fully saturated rings. The van der Waals surface area contributed by atoms with E-state index < -0.39 is 0 Å². The molecule has 0 aromatic carbocycles. The number of hydrogen-bond acceptors (Lipinski definition) is 6. The predicted octanol–water partition coefficient (Wildman–Crippen LogP) is 1.55. The minimum atomic E-state index is -0.316. The van der Waals surface area contributed by atoms with Gasteiger partial charge in [0.15, 0.2) is 5.82 Å². The third-order valence-corrected chi connectivity index (χ3v) is 5.24. The summed E-state index contributed by atoms with van der Waals surface area (Å²) in [7, 11) is 0. The van der Waals surface area contributed by atoms with E-state index in [1.54, 1.807) is 0 Å². The molecule has 1 unspecified atom stereocenters. The molecular formula is C15H24N4O2. The van der Waals surface area contributed by atoms with Gasteiger partial charge in [0.05, 0.1) is 6.04 Å². The highest BCUT2D eigenvalue weighted by atomic mass is 16.5. The van der Waals surface area contributed by atoms with Crippen LogP contribution in [0.25, 0.3) is 0 Å². The molecule has 116 valence electrons. The number of ether oxygens (including phenoxy) is 1. The Morgan fingerprint density at radius 3 is 2.62 bits per heavy atom. The maximum Gasteiger partial charge on any atom is 0.258 e. The Labute approximate surface area is 125 Å². The Balaban J connectivity index is 1.58. The SMILES string of the molecule is CCOC1(c2nc(C3CN4CCN3CC4)no2)CCCC1. The molecule has 4 heterocycles. The van der Waals surface area contributed by atoms with E-state index in [0.717, 1.165) is 38.3 Å². The molecule has 1 aliphatic carbocycles. The van der Waals surface area contributed by atoms with Crippen molar-refractivity contribution >= 4 is 0 Å². The molecule has 2 bridgehead atoms. The minimum Gasteiger partial charge on any atom is -0.365 e. The molecule has 1 aromatic heterocycles. The second-order valence-corrected chi connectivity index (χ2v) is 6.44. The lowest BCUT2D eigenvalue weighted by molar-refractivity contribution is -0.0610. The van der Waals surface area contributed by atoms with Gasteiger partial charge in [-0.2, -0.15) is 4.98 Å². The van der Waals surface area contributed by atoms with Gasteiger partial charge in [0.1, 0.15) is 5.60 Å². The van der Waals surface area contributed by atoms with Gasteiger partial charge < -0.3 is 9.26 Å². The van der Waals surface area contributed by atoms with Crippen LogP contribution in [0, 0.1) is 0 Å². The van der Waals surface area contributed by atoms with E-state index in [1.807, 2.05) is 6.92 Å². The Bertz CT molecular complexity index is 490. The monoisotopic (exact) mass is 292 g/mol. The van der Waals surface area contributed by atoms with E-state index in [9.17, 15) is 0 Å². The molecule has 0 spiro atoms. The molecule has 6 nitrogen and oxygen atoms in total. The van der Waals surface area contributed by atoms with Crippen molar-refractivity contribution in [2.24, 2.45) is 0 Å². The second kappa shape index (κ2) is 5.34. The summed E-state index contributed by atoms with van der Waals surface area (Å²) in [4.78, 5) is 9.73. The van der Waals surface area contributed by atoms with Crippen LogP contribution in [-0.4, -0.2) is 59.3 Å². The van der Waals surface area contributed by atoms with Crippen molar-refractivity contribution in [1.29, 1.82) is 0 Å². The third-order valence-electron chi connectivity index (χ3n) is 5.24. The van der Waals surface area contributed by atoms with Crippen LogP contribution in [0.3, 0.4) is 0 Å². The van der Waals surface area contributed by atoms with Crippen LogP contribution in [0.15, 0.2) is 4.52 Å². The largest absolute Gasteiger partial charge is 0.365 e. The lowest BCUT2D eigenvalue weighted by Crippen LogP contribution is -2.57. The van der Waals surface area contributed by atoms with Gasteiger partial charge in [0.25, 0.3) is 5.89 Å². The number of aromatic nitrogens is 2. The van der Waals surface area contributed by atoms with Crippen molar-refractivity contribution in [3.8, 4) is 0 Å². The van der Waals surface area contributed by atoms with Gasteiger partial charge in [-0.05, 0) is 32.6 Å². The van der Waals surface area contributed by atoms with Gasteiger partial charge in [-0.3, -0.25) is 9.80 Å². The molecular weight excluding hydrogens is 268 g/mol. The number of piperazine rings is 3. The van der Waals surface area contributed by atoms with E-state index in [2.05, 4.69) is 15.0 Å². The van der Waals surface area contributed by atoms with Gasteiger partial charge in [-0.1, -0.05) is 5.16 Å². The standard InChI is InChI=1S/C15H24N4O2/c1-2-20-15(5-3-4-6-15)14-16-13(17-21-14)12-11-18-7-9-19(12)10-8-18/h12H,2-11H2,1H3. The lowest BCUT2D eigenvalue weighted by Gasteiger charge is -2.46. The van der Waals surface area contributed by atoms with Gasteiger partial charge in [-0.15, -0.1) is 0 Å². The molecule has 1 aromatic rings. The van der Waals surface area contributed by atoms with E-state index >= 15 is 0 Å². The lowest BCUT2D eigenvalue weighted by atomic mass is 10.0. The fraction of sp³-hybridized carbons (Fsp3) is 0.867. The number of hydrogen-bond donors (Lipinski definition) is 0. The normalized spacial score (nSPS) is 34.4. The fourth-order valence-electron chi connectivity index (χ4n) is 4.06. The number of nitrogens with zero attached hydrogens (tertiary/aromatic N) is 4. The van der Waals surface area contributed by atoms with Crippen molar-refractivity contribution in [3.63, 3.8) is 0 Å². The summed E-state index contributed by atoms with van der Waals surface area (Å²) < 4.78 is 11.7. The summed E-state index contributed by atoms with van der Waals surface area (Å²) >= 11 is 0. The maximum absolute atomic E-state index is 6.02. The molecule has 0 N–H and O–H groups in total. The summed E-state index contributed by atoms with van der Waals surface area (Å²) in [5.41, 5.74) is -0.316. The first-order chi connectivity index (χ1) is 10.3. The van der Waals surface area contributed by atoms with E-state index in [4.69, 9.17) is 14.2 Å². The van der Waals surface area contributed by atoms with E-state index in [-0.39, 0.29) is 5.60 Å². The first-order valence-corrected chi connectivity index (χ1v) is 8.25. The first-order valence-electron chi connectivity index (χ1n) is 8.25. The quantitative estimate of drug-likeness (QED) is 0.839. The Kier molecular flexibility index (Phi) is 3.47. The highest BCUT2D eigenvalue weighted by Crippen LogP contribution is 2.42. The number of fused-ring (bicyclic) bond motifs is 3. The van der Waals surface area contributed by atoms with Gasteiger partial charge >= 0.3 is 0 Å². The molecule has 6 heteroatoms. The maximum atomic E-state index is 6.02. The summed E-state index contributed by atoms with van der Waals surface area (Å²) in [5, 5.41) is 4.30. The highest BCUT2D eigenvalue weighted by Gasteiger charge is 2.43. The molecule has 3 saturated heterocycles. The average Bonchev–Trinajstić information content (AvgIpc) is 3.18. The van der Waals surface area contributed by atoms with Crippen molar-refractivity contribution in [2.45, 2.75) is 44.2 Å². The van der Waals surface area contributed by atoms with Crippen LogP contribution in [0.4, 0.5) is 0 Å². The highest BCUT2D eigenvalue weighted by molar-refractivity contribution is 5.07. The van der Waals surface area contributed by atoms with Crippen LogP contribution in [0.2, 0.25) is 0 Å². The zero-order chi connectivity index (χ0) is 14.3. The van der Waals surface area contributed by atoms with Crippen LogP contribution in [0.1, 0.15) is 50.4 Å². The molecule has 4 aliphatic rings. The zero-order valence-electron chi connectivity index (χ0n) is 12.8. The topological polar surface area (TPSA) is 54.6 Å². The predicted molar refractivity (Wildman–Crippen MR) is 76.8 cm³/mol. The van der Waals surface area contributed by atoms with Gasteiger partial charge in [0, 0.05) is 39.3 Å². The van der Waals surface area contributed by atoms with Crippen LogP contribution in [-0.2, 0) is 10.3 Å². The molecule has 1 atom stereocenters. The van der Waals surface area contributed by atoms with Crippen molar-refractivity contribution in [2.75, 3.05) is 39.3 Å². The smallest absolute Gasteiger partial charge is 0.258 e. The van der Waals surface area contributed by atoms with Crippen LogP contribution in [0.5, 0.6) is 0 Å². The van der Waals surface area contributed by atoms with Gasteiger partial charge in [-0.25, -0.2) is 0 Å². The summed E-state index contributed by atoms with van der Waals surface area (Å²) in [5.74, 6) is 1.55. The Morgan fingerprint density at radius 1 is 1.24 bits per heavy atom. The van der Waals surface area contributed by atoms with Crippen LogP contribution >= 0.6 is 0 Å². The van der Waals surface area contributed by atoms with Crippen molar-refractivity contribution in [3.05, 3.63) is 11.7 Å². The second-order valence-electron chi connectivity index (χ2n) is 6.44. The van der Waals surface area contributed by atoms with Crippen LogP contribution < -0.4 is 0 Å². The molecule has 0 radical (unpaired) electrons. The molecule has 21 heavy (non-hydrogen) atoms. The van der Waals surface area contributed by atoms with E-state index in [0.29, 0.717) is 18.5 Å². The average molecular weight is 292 g/mol.